The van der Waals surface area contributed by atoms with E-state index in [0.717, 1.165) is 10.2 Å². The molecule has 0 saturated heterocycles. The van der Waals surface area contributed by atoms with Crippen molar-refractivity contribution in [1.82, 2.24) is 9.55 Å². The Balaban J connectivity index is 2.31. The van der Waals surface area contributed by atoms with Crippen molar-refractivity contribution in [2.24, 2.45) is 0 Å². The summed E-state index contributed by atoms with van der Waals surface area (Å²) >= 11 is 3.31. The Morgan fingerprint density at radius 3 is 2.88 bits per heavy atom. The summed E-state index contributed by atoms with van der Waals surface area (Å²) in [4.78, 5) is 15.8. The molecule has 0 unspecified atom stereocenters. The highest BCUT2D eigenvalue weighted by molar-refractivity contribution is 9.10. The minimum atomic E-state index is -0.188. The van der Waals surface area contributed by atoms with Crippen LogP contribution in [0.1, 0.15) is 5.69 Å². The largest absolute Gasteiger partial charge is 0.394 e. The molecule has 0 aliphatic carbocycles. The summed E-state index contributed by atoms with van der Waals surface area (Å²) in [6.07, 6.45) is 3.40. The molecular weight excluding hydrogens is 270 g/mol. The normalized spacial score (nSPS) is 10.3. The van der Waals surface area contributed by atoms with Gasteiger partial charge in [0, 0.05) is 16.9 Å². The van der Waals surface area contributed by atoms with Gasteiger partial charge in [0.25, 0.3) is 5.56 Å². The average Bonchev–Trinajstić information content (AvgIpc) is 2.28. The first-order valence-electron chi connectivity index (χ1n) is 4.72. The molecule has 0 aliphatic rings. The molecule has 82 valence electrons. The molecule has 0 spiro atoms. The third-order valence-electron chi connectivity index (χ3n) is 2.17. The smallest absolute Gasteiger partial charge is 0.274 e. The van der Waals surface area contributed by atoms with E-state index in [2.05, 4.69) is 20.9 Å². The predicted molar refractivity (Wildman–Crippen MR) is 66.2 cm³/mol. The number of rotatable bonds is 2. The van der Waals surface area contributed by atoms with E-state index in [1.54, 1.807) is 24.5 Å². The van der Waals surface area contributed by atoms with Crippen LogP contribution in [0.2, 0.25) is 0 Å². The van der Waals surface area contributed by atoms with Gasteiger partial charge < -0.3 is 10.3 Å². The van der Waals surface area contributed by atoms with Crippen LogP contribution in [-0.2, 0) is 6.54 Å². The Hall–Kier alpha value is -1.62. The second kappa shape index (κ2) is 4.49. The van der Waals surface area contributed by atoms with Gasteiger partial charge in [-0.15, -0.1) is 0 Å². The molecule has 0 bridgehead atoms. The van der Waals surface area contributed by atoms with Crippen molar-refractivity contribution in [3.05, 3.63) is 57.2 Å². The maximum absolute atomic E-state index is 11.6. The summed E-state index contributed by atoms with van der Waals surface area (Å²) in [5.41, 5.74) is 6.41. The predicted octanol–water partition coefficient (Wildman–Crippen LogP) is 1.64. The van der Waals surface area contributed by atoms with E-state index in [4.69, 9.17) is 5.73 Å². The number of hydrogen-bond acceptors (Lipinski definition) is 3. The van der Waals surface area contributed by atoms with Crippen LogP contribution in [0.3, 0.4) is 0 Å². The second-order valence-corrected chi connectivity index (χ2v) is 4.28. The maximum Gasteiger partial charge on any atom is 0.274 e. The summed E-state index contributed by atoms with van der Waals surface area (Å²) in [5.74, 6) is 0. The van der Waals surface area contributed by atoms with Crippen LogP contribution in [0.4, 0.5) is 5.69 Å². The number of nitrogens with zero attached hydrogens (tertiary/aromatic N) is 2. The van der Waals surface area contributed by atoms with Gasteiger partial charge in [0.1, 0.15) is 0 Å². The zero-order chi connectivity index (χ0) is 11.5. The maximum atomic E-state index is 11.6. The standard InChI is InChI=1S/C11H10BrN3O/c12-8-3-4-9(14-6-8)7-15-5-1-2-10(13)11(15)16/h1-6H,7,13H2. The van der Waals surface area contributed by atoms with Gasteiger partial charge in [-0.1, -0.05) is 0 Å². The van der Waals surface area contributed by atoms with E-state index in [0.29, 0.717) is 6.54 Å². The Labute approximate surface area is 101 Å². The van der Waals surface area contributed by atoms with E-state index in [1.165, 1.54) is 4.57 Å². The topological polar surface area (TPSA) is 60.9 Å². The molecule has 0 aliphatic heterocycles. The first kappa shape index (κ1) is 10.9. The number of halogens is 1. The molecule has 5 heteroatoms. The molecule has 2 aromatic heterocycles. The first-order chi connectivity index (χ1) is 7.66. The lowest BCUT2D eigenvalue weighted by molar-refractivity contribution is 0.741. The lowest BCUT2D eigenvalue weighted by Gasteiger charge is -2.05. The first-order valence-corrected chi connectivity index (χ1v) is 5.51. The molecule has 0 fully saturated rings. The molecule has 0 atom stereocenters. The van der Waals surface area contributed by atoms with Gasteiger partial charge in [-0.2, -0.15) is 0 Å². The number of hydrogen-bond donors (Lipinski definition) is 1. The highest BCUT2D eigenvalue weighted by Crippen LogP contribution is 2.08. The fourth-order valence-corrected chi connectivity index (χ4v) is 1.59. The third-order valence-corrected chi connectivity index (χ3v) is 2.64. The average molecular weight is 280 g/mol. The van der Waals surface area contributed by atoms with Crippen molar-refractivity contribution >= 4 is 21.6 Å². The van der Waals surface area contributed by atoms with Crippen LogP contribution in [0, 0.1) is 0 Å². The van der Waals surface area contributed by atoms with Gasteiger partial charge in [-0.25, -0.2) is 0 Å². The molecule has 4 nitrogen and oxygen atoms in total. The number of anilines is 1. The Morgan fingerprint density at radius 2 is 2.19 bits per heavy atom. The summed E-state index contributed by atoms with van der Waals surface area (Å²) in [5, 5.41) is 0. The highest BCUT2D eigenvalue weighted by atomic mass is 79.9. The molecule has 0 amide bonds. The lowest BCUT2D eigenvalue weighted by Crippen LogP contribution is -2.22. The molecule has 2 heterocycles. The van der Waals surface area contributed by atoms with Crippen LogP contribution in [-0.4, -0.2) is 9.55 Å². The van der Waals surface area contributed by atoms with Crippen molar-refractivity contribution in [1.29, 1.82) is 0 Å². The lowest BCUT2D eigenvalue weighted by atomic mass is 10.3. The van der Waals surface area contributed by atoms with Crippen LogP contribution in [0.15, 0.2) is 45.9 Å². The second-order valence-electron chi connectivity index (χ2n) is 3.36. The SMILES string of the molecule is Nc1cccn(Cc2ccc(Br)cn2)c1=O. The van der Waals surface area contributed by atoms with Gasteiger partial charge in [-0.05, 0) is 40.2 Å². The molecule has 2 N–H and O–H groups in total. The van der Waals surface area contributed by atoms with Gasteiger partial charge in [0.05, 0.1) is 17.9 Å². The third kappa shape index (κ3) is 2.30. The van der Waals surface area contributed by atoms with E-state index < -0.39 is 0 Å². The van der Waals surface area contributed by atoms with Crippen molar-refractivity contribution in [2.75, 3.05) is 5.73 Å². The zero-order valence-electron chi connectivity index (χ0n) is 8.43. The quantitative estimate of drug-likeness (QED) is 0.909. The molecule has 2 aromatic rings. The van der Waals surface area contributed by atoms with Gasteiger partial charge in [0.15, 0.2) is 0 Å². The summed E-state index contributed by atoms with van der Waals surface area (Å²) in [7, 11) is 0. The van der Waals surface area contributed by atoms with Crippen LogP contribution < -0.4 is 11.3 Å². The number of nitrogen functional groups attached to an aromatic ring is 1. The van der Waals surface area contributed by atoms with E-state index >= 15 is 0 Å². The van der Waals surface area contributed by atoms with E-state index in [9.17, 15) is 4.79 Å². The van der Waals surface area contributed by atoms with Gasteiger partial charge in [0.2, 0.25) is 0 Å². The number of pyridine rings is 2. The highest BCUT2D eigenvalue weighted by Gasteiger charge is 2.01. The Kier molecular flexibility index (Phi) is 3.05. The summed E-state index contributed by atoms with van der Waals surface area (Å²) in [6, 6.07) is 7.09. The fourth-order valence-electron chi connectivity index (χ4n) is 1.35. The fraction of sp³-hybridized carbons (Fsp3) is 0.0909. The minimum absolute atomic E-state index is 0.188. The molecule has 0 radical (unpaired) electrons. The van der Waals surface area contributed by atoms with Crippen LogP contribution >= 0.6 is 15.9 Å². The van der Waals surface area contributed by atoms with Crippen LogP contribution in [0.25, 0.3) is 0 Å². The Morgan fingerprint density at radius 1 is 1.38 bits per heavy atom. The summed E-state index contributed by atoms with van der Waals surface area (Å²) < 4.78 is 2.45. The van der Waals surface area contributed by atoms with Crippen molar-refractivity contribution < 1.29 is 0 Å². The van der Waals surface area contributed by atoms with Crippen molar-refractivity contribution in [3.63, 3.8) is 0 Å². The number of nitrogens with two attached hydrogens (primary N) is 1. The molecule has 0 saturated carbocycles. The molecule has 16 heavy (non-hydrogen) atoms. The van der Waals surface area contributed by atoms with E-state index in [-0.39, 0.29) is 11.2 Å². The van der Waals surface area contributed by atoms with Crippen LogP contribution in [0.5, 0.6) is 0 Å². The minimum Gasteiger partial charge on any atom is -0.394 e. The van der Waals surface area contributed by atoms with Gasteiger partial charge >= 0.3 is 0 Å². The van der Waals surface area contributed by atoms with Crippen molar-refractivity contribution in [2.45, 2.75) is 6.54 Å². The molecular formula is C11H10BrN3O. The van der Waals surface area contributed by atoms with Gasteiger partial charge in [-0.3, -0.25) is 9.78 Å². The number of aromatic nitrogens is 2. The zero-order valence-corrected chi connectivity index (χ0v) is 10.0. The summed E-state index contributed by atoms with van der Waals surface area (Å²) in [6.45, 7) is 0.428. The molecule has 2 rings (SSSR count). The Bertz CT molecular complexity index is 548. The monoisotopic (exact) mass is 279 g/mol. The van der Waals surface area contributed by atoms with E-state index in [1.807, 2.05) is 12.1 Å². The molecule has 0 aromatic carbocycles. The van der Waals surface area contributed by atoms with Crippen molar-refractivity contribution in [3.8, 4) is 0 Å².